The Morgan fingerprint density at radius 2 is 1.84 bits per heavy atom. The quantitative estimate of drug-likeness (QED) is 0.860. The summed E-state index contributed by atoms with van der Waals surface area (Å²) >= 11 is 6.05. The van der Waals surface area contributed by atoms with Crippen LogP contribution in [0.1, 0.15) is 16.7 Å². The number of nitrogens with one attached hydrogen (secondary N) is 1. The van der Waals surface area contributed by atoms with Crippen molar-refractivity contribution < 1.29 is 13.2 Å². The molecule has 0 aliphatic rings. The maximum atomic E-state index is 12.4. The monoisotopic (exact) mass is 380 g/mol. The third-order valence-corrected chi connectivity index (χ3v) is 5.39. The van der Waals surface area contributed by atoms with Crippen molar-refractivity contribution in [1.82, 2.24) is 0 Å². The molecule has 5 nitrogen and oxygen atoms in total. The molecule has 0 saturated heterocycles. The number of aryl methyl sites for hydroxylation is 2. The minimum Gasteiger partial charge on any atom is -0.324 e. The molecule has 0 aliphatic heterocycles. The second kappa shape index (κ2) is 7.45. The molecule has 0 spiro atoms. The molecule has 0 aromatic heterocycles. The van der Waals surface area contributed by atoms with Crippen LogP contribution >= 0.6 is 11.6 Å². The first-order chi connectivity index (χ1) is 11.6. The van der Waals surface area contributed by atoms with Gasteiger partial charge >= 0.3 is 0 Å². The number of hydrogen-bond donors (Lipinski definition) is 1. The van der Waals surface area contributed by atoms with Gasteiger partial charge in [-0.25, -0.2) is 8.42 Å². The summed E-state index contributed by atoms with van der Waals surface area (Å²) in [5.41, 5.74) is 3.60. The molecule has 0 heterocycles. The van der Waals surface area contributed by atoms with Crippen LogP contribution in [0.2, 0.25) is 5.02 Å². The van der Waals surface area contributed by atoms with Gasteiger partial charge in [0.1, 0.15) is 6.54 Å². The van der Waals surface area contributed by atoms with Gasteiger partial charge in [-0.15, -0.1) is 0 Å². The Bertz CT molecular complexity index is 911. The van der Waals surface area contributed by atoms with Crippen LogP contribution in [0.4, 0.5) is 11.4 Å². The molecule has 7 heteroatoms. The fraction of sp³-hybridized carbons (Fsp3) is 0.278. The Labute approximate surface area is 153 Å². The van der Waals surface area contributed by atoms with E-state index in [1.807, 2.05) is 26.0 Å². The van der Waals surface area contributed by atoms with Crippen LogP contribution in [-0.4, -0.2) is 27.1 Å². The van der Waals surface area contributed by atoms with E-state index in [1.165, 1.54) is 0 Å². The van der Waals surface area contributed by atoms with Crippen molar-refractivity contribution in [2.45, 2.75) is 20.8 Å². The molecule has 0 saturated carbocycles. The number of halogens is 1. The number of hydrogen-bond acceptors (Lipinski definition) is 3. The van der Waals surface area contributed by atoms with Crippen molar-refractivity contribution in [1.29, 1.82) is 0 Å². The number of sulfonamides is 1. The van der Waals surface area contributed by atoms with Crippen LogP contribution in [0.15, 0.2) is 36.4 Å². The van der Waals surface area contributed by atoms with Gasteiger partial charge in [-0.05, 0) is 50.1 Å². The average Bonchev–Trinajstić information content (AvgIpc) is 2.49. The highest BCUT2D eigenvalue weighted by atomic mass is 35.5. The average molecular weight is 381 g/mol. The number of carbonyl (C=O) groups excluding carboxylic acids is 1. The lowest BCUT2D eigenvalue weighted by atomic mass is 10.1. The van der Waals surface area contributed by atoms with Crippen LogP contribution in [0.3, 0.4) is 0 Å². The summed E-state index contributed by atoms with van der Waals surface area (Å²) in [6.07, 6.45) is 1.09. The Kier molecular flexibility index (Phi) is 5.75. The first-order valence-corrected chi connectivity index (χ1v) is 9.92. The predicted molar refractivity (Wildman–Crippen MR) is 103 cm³/mol. The van der Waals surface area contributed by atoms with E-state index in [0.717, 1.165) is 27.3 Å². The van der Waals surface area contributed by atoms with Gasteiger partial charge in [0.05, 0.1) is 11.9 Å². The van der Waals surface area contributed by atoms with E-state index < -0.39 is 15.9 Å². The van der Waals surface area contributed by atoms with E-state index in [1.54, 1.807) is 31.2 Å². The molecule has 0 fully saturated rings. The van der Waals surface area contributed by atoms with Crippen LogP contribution in [-0.2, 0) is 14.8 Å². The van der Waals surface area contributed by atoms with Gasteiger partial charge in [0.15, 0.2) is 0 Å². The lowest BCUT2D eigenvalue weighted by molar-refractivity contribution is -0.114. The fourth-order valence-corrected chi connectivity index (χ4v) is 3.62. The molecular weight excluding hydrogens is 360 g/mol. The molecule has 0 bridgehead atoms. The number of benzene rings is 2. The number of carbonyl (C=O) groups is 1. The molecule has 2 aromatic rings. The van der Waals surface area contributed by atoms with Gasteiger partial charge in [0.2, 0.25) is 15.9 Å². The van der Waals surface area contributed by atoms with E-state index >= 15 is 0 Å². The van der Waals surface area contributed by atoms with Crippen molar-refractivity contribution >= 4 is 38.9 Å². The Balaban J connectivity index is 2.29. The van der Waals surface area contributed by atoms with Crippen LogP contribution < -0.4 is 9.62 Å². The largest absolute Gasteiger partial charge is 0.324 e. The third kappa shape index (κ3) is 4.74. The zero-order valence-corrected chi connectivity index (χ0v) is 16.2. The molecule has 1 amide bonds. The van der Waals surface area contributed by atoms with Gasteiger partial charge in [0, 0.05) is 10.7 Å². The number of amides is 1. The molecule has 25 heavy (non-hydrogen) atoms. The summed E-state index contributed by atoms with van der Waals surface area (Å²) in [5, 5.41) is 3.26. The van der Waals surface area contributed by atoms with E-state index in [0.29, 0.717) is 16.4 Å². The smallest absolute Gasteiger partial charge is 0.245 e. The Morgan fingerprint density at radius 3 is 2.44 bits per heavy atom. The van der Waals surface area contributed by atoms with Crippen molar-refractivity contribution in [3.05, 3.63) is 58.1 Å². The highest BCUT2D eigenvalue weighted by Crippen LogP contribution is 2.25. The van der Waals surface area contributed by atoms with Gasteiger partial charge in [-0.3, -0.25) is 9.10 Å². The zero-order valence-electron chi connectivity index (χ0n) is 14.6. The molecule has 0 aliphatic carbocycles. The minimum atomic E-state index is -3.61. The summed E-state index contributed by atoms with van der Waals surface area (Å²) < 4.78 is 25.5. The molecule has 134 valence electrons. The first kappa shape index (κ1) is 19.3. The van der Waals surface area contributed by atoms with Crippen molar-refractivity contribution in [3.63, 3.8) is 0 Å². The van der Waals surface area contributed by atoms with Gasteiger partial charge < -0.3 is 5.32 Å². The van der Waals surface area contributed by atoms with Crippen LogP contribution in [0, 0.1) is 20.8 Å². The molecule has 2 aromatic carbocycles. The second-order valence-corrected chi connectivity index (χ2v) is 8.33. The molecule has 0 unspecified atom stereocenters. The second-order valence-electron chi connectivity index (χ2n) is 6.02. The van der Waals surface area contributed by atoms with Gasteiger partial charge in [-0.2, -0.15) is 0 Å². The van der Waals surface area contributed by atoms with Crippen molar-refractivity contribution in [2.24, 2.45) is 0 Å². The summed E-state index contributed by atoms with van der Waals surface area (Å²) in [7, 11) is -3.61. The maximum absolute atomic E-state index is 12.4. The molecule has 1 N–H and O–H groups in total. The van der Waals surface area contributed by atoms with Gasteiger partial charge in [0.25, 0.3) is 0 Å². The highest BCUT2D eigenvalue weighted by molar-refractivity contribution is 7.92. The van der Waals surface area contributed by atoms with E-state index in [-0.39, 0.29) is 6.54 Å². The third-order valence-electron chi connectivity index (χ3n) is 3.85. The molecule has 0 radical (unpaired) electrons. The zero-order chi connectivity index (χ0) is 18.8. The fourth-order valence-electron chi connectivity index (χ4n) is 2.53. The topological polar surface area (TPSA) is 66.5 Å². The summed E-state index contributed by atoms with van der Waals surface area (Å²) in [6.45, 7) is 5.22. The first-order valence-electron chi connectivity index (χ1n) is 7.69. The maximum Gasteiger partial charge on any atom is 0.245 e. The van der Waals surface area contributed by atoms with Crippen LogP contribution in [0.5, 0.6) is 0 Å². The number of nitrogens with zero attached hydrogens (tertiary/aromatic N) is 1. The van der Waals surface area contributed by atoms with E-state index in [9.17, 15) is 13.2 Å². The minimum absolute atomic E-state index is 0.311. The summed E-state index contributed by atoms with van der Waals surface area (Å²) in [4.78, 5) is 12.4. The van der Waals surface area contributed by atoms with E-state index in [2.05, 4.69) is 5.32 Å². The number of rotatable bonds is 5. The molecule has 0 atom stereocenters. The van der Waals surface area contributed by atoms with Crippen LogP contribution in [0.25, 0.3) is 0 Å². The molecular formula is C18H21ClN2O3S. The van der Waals surface area contributed by atoms with Crippen molar-refractivity contribution in [3.8, 4) is 0 Å². The Hall–Kier alpha value is -2.05. The lowest BCUT2D eigenvalue weighted by Crippen LogP contribution is -2.38. The Morgan fingerprint density at radius 1 is 1.16 bits per heavy atom. The van der Waals surface area contributed by atoms with Gasteiger partial charge in [-0.1, -0.05) is 35.4 Å². The summed E-state index contributed by atoms with van der Waals surface area (Å²) in [6, 6.07) is 10.6. The van der Waals surface area contributed by atoms with Crippen molar-refractivity contribution in [2.75, 3.05) is 22.4 Å². The van der Waals surface area contributed by atoms with E-state index in [4.69, 9.17) is 11.6 Å². The standard InChI is InChI=1S/C18H21ClN2O3S/c1-12-8-9-17(13(2)10-12)21(25(4,23)24)11-18(22)20-16-7-5-6-15(19)14(16)3/h5-10H,11H2,1-4H3,(H,20,22). The highest BCUT2D eigenvalue weighted by Gasteiger charge is 2.22. The number of anilines is 2. The lowest BCUT2D eigenvalue weighted by Gasteiger charge is -2.24. The summed E-state index contributed by atoms with van der Waals surface area (Å²) in [5.74, 6) is -0.434. The predicted octanol–water partition coefficient (Wildman–Crippen LogP) is 3.67. The normalized spacial score (nSPS) is 11.2. The SMILES string of the molecule is Cc1ccc(N(CC(=O)Nc2cccc(Cl)c2C)S(C)(=O)=O)c(C)c1. The molecule has 2 rings (SSSR count).